The first-order valence-electron chi connectivity index (χ1n) is 24.0. The lowest BCUT2D eigenvalue weighted by molar-refractivity contribution is -0.160. The van der Waals surface area contributed by atoms with Gasteiger partial charge in [-0.3, -0.25) is 23.9 Å². The second kappa shape index (κ2) is 15.7. The minimum atomic E-state index is -4.08. The van der Waals surface area contributed by atoms with Crippen LogP contribution < -0.4 is 14.2 Å². The highest BCUT2D eigenvalue weighted by Gasteiger charge is 2.62. The molecule has 7 atom stereocenters. The SMILES string of the molecule is [2H]C([2H])([2H])C(OC(=O)C[C@@H]1C(=O)N2C[C@H](Oc3nccc4cc(OC(C)C)ccc34)C[C@H]2C(=O)C[C@]2(C(=O)NS(=O)(=O)C3(C)CC3)C[C@H]2/C=C\CC[C@@H](C)C[C@H]1C)(C([2H])([2H])[2H])C([2H])([2H])[2H]. The Bertz CT molecular complexity index is 2280. The maximum atomic E-state index is 15.1. The number of nitrogens with one attached hydrogen (secondary N) is 1. The Balaban J connectivity index is 1.38. The Hall–Kier alpha value is -4.00. The van der Waals surface area contributed by atoms with Crippen molar-refractivity contribution >= 4 is 44.4 Å². The van der Waals surface area contributed by atoms with Gasteiger partial charge in [-0.25, -0.2) is 13.4 Å². The monoisotopic (exact) mass is 802 g/mol. The number of esters is 1. The number of hydrogen-bond donors (Lipinski definition) is 1. The fourth-order valence-electron chi connectivity index (χ4n) is 8.20. The second-order valence-electron chi connectivity index (χ2n) is 16.9. The third-order valence-corrected chi connectivity index (χ3v) is 14.0. The van der Waals surface area contributed by atoms with Gasteiger partial charge in [-0.1, -0.05) is 26.0 Å². The standard InChI is InChI=1S/C43H59N3O9S/c1-26(2)53-31-13-14-33-29(20-31)15-18-44-38(33)54-32-21-35-36(47)24-43(40(50)45-56(51,52)42(8)16-17-42)23-30(43)12-10-9-11-27(3)19-28(4)34(39(49)46(35)25-32)22-37(48)55-41(5,6)7/h10,12-15,18,20,26-28,30,32,34-35H,9,11,16-17,19,21-25H2,1-8H3,(H,45,50)/b12-10-/t27-,28-,30-,32-,34+,35+,43-/m1/s1/i5D3,6D3,7D3. The lowest BCUT2D eigenvalue weighted by Gasteiger charge is -2.32. The number of nitrogens with zero attached hydrogens (tertiary/aromatic N) is 2. The number of ketones is 1. The van der Waals surface area contributed by atoms with E-state index in [0.29, 0.717) is 43.2 Å². The third-order valence-electron chi connectivity index (χ3n) is 11.8. The lowest BCUT2D eigenvalue weighted by atomic mass is 9.82. The molecule has 6 rings (SSSR count). The van der Waals surface area contributed by atoms with Crippen LogP contribution in [0.4, 0.5) is 0 Å². The van der Waals surface area contributed by atoms with Crippen molar-refractivity contribution in [3.05, 3.63) is 42.6 Å². The number of amides is 2. The van der Waals surface area contributed by atoms with E-state index >= 15 is 4.79 Å². The molecular formula is C43H59N3O9S. The fraction of sp³-hybridized carbons (Fsp3) is 0.651. The molecular weight excluding hydrogens is 735 g/mol. The molecule has 1 aromatic carbocycles. The molecule has 0 radical (unpaired) electrons. The average Bonchev–Trinajstić information content (AvgIpc) is 4.05. The van der Waals surface area contributed by atoms with Gasteiger partial charge in [0.1, 0.15) is 17.5 Å². The van der Waals surface area contributed by atoms with Gasteiger partial charge >= 0.3 is 5.97 Å². The zero-order valence-corrected chi connectivity index (χ0v) is 33.4. The first kappa shape index (κ1) is 31.0. The number of Topliss-reactive ketones (excluding diaryl/α,β-unsaturated/α-hetero) is 1. The first-order valence-corrected chi connectivity index (χ1v) is 20.9. The van der Waals surface area contributed by atoms with Crippen LogP contribution in [0.15, 0.2) is 42.6 Å². The van der Waals surface area contributed by atoms with E-state index in [1.807, 2.05) is 39.0 Å². The molecule has 0 bridgehead atoms. The number of aromatic nitrogens is 1. The minimum Gasteiger partial charge on any atom is -0.491 e. The Labute approximate surface area is 344 Å². The summed E-state index contributed by atoms with van der Waals surface area (Å²) in [6.45, 7) is -2.86. The van der Waals surface area contributed by atoms with Gasteiger partial charge in [-0.2, -0.15) is 0 Å². The van der Waals surface area contributed by atoms with Crippen LogP contribution in [-0.4, -0.2) is 77.0 Å². The van der Waals surface area contributed by atoms with Gasteiger partial charge < -0.3 is 19.1 Å². The van der Waals surface area contributed by atoms with Gasteiger partial charge in [-0.15, -0.1) is 0 Å². The van der Waals surface area contributed by atoms with Gasteiger partial charge in [0.15, 0.2) is 5.78 Å². The molecule has 3 heterocycles. The minimum absolute atomic E-state index is 0.0915. The Morgan fingerprint density at radius 3 is 2.57 bits per heavy atom. The van der Waals surface area contributed by atoms with E-state index in [0.717, 1.165) is 5.39 Å². The van der Waals surface area contributed by atoms with Crippen LogP contribution in [0.2, 0.25) is 0 Å². The van der Waals surface area contributed by atoms with Crippen molar-refractivity contribution in [2.75, 3.05) is 6.54 Å². The summed E-state index contributed by atoms with van der Waals surface area (Å²) in [7, 11) is -4.08. The molecule has 12 nitrogen and oxygen atoms in total. The third kappa shape index (κ3) is 9.24. The number of pyridine rings is 1. The summed E-state index contributed by atoms with van der Waals surface area (Å²) in [5, 5.41) is 1.33. The van der Waals surface area contributed by atoms with E-state index in [1.54, 1.807) is 32.0 Å². The normalized spacial score (nSPS) is 33.1. The molecule has 306 valence electrons. The predicted molar refractivity (Wildman–Crippen MR) is 212 cm³/mol. The Morgan fingerprint density at radius 2 is 1.88 bits per heavy atom. The summed E-state index contributed by atoms with van der Waals surface area (Å²) >= 11 is 0. The molecule has 2 aliphatic carbocycles. The van der Waals surface area contributed by atoms with Gasteiger partial charge in [0.2, 0.25) is 27.7 Å². The number of benzene rings is 1. The smallest absolute Gasteiger partial charge is 0.307 e. The summed E-state index contributed by atoms with van der Waals surface area (Å²) in [5.74, 6) is -5.54. The van der Waals surface area contributed by atoms with Crippen LogP contribution in [0.25, 0.3) is 10.8 Å². The zero-order valence-electron chi connectivity index (χ0n) is 41.6. The molecule has 1 saturated heterocycles. The van der Waals surface area contributed by atoms with Crippen molar-refractivity contribution in [1.29, 1.82) is 0 Å². The van der Waals surface area contributed by atoms with Crippen molar-refractivity contribution in [1.82, 2.24) is 14.6 Å². The van der Waals surface area contributed by atoms with E-state index in [2.05, 4.69) is 9.71 Å². The summed E-state index contributed by atoms with van der Waals surface area (Å²) in [6, 6.07) is 5.82. The molecule has 2 aliphatic heterocycles. The van der Waals surface area contributed by atoms with Gasteiger partial charge in [0, 0.05) is 36.8 Å². The highest BCUT2D eigenvalue weighted by atomic mass is 32.2. The van der Waals surface area contributed by atoms with Crippen LogP contribution >= 0.6 is 0 Å². The van der Waals surface area contributed by atoms with Crippen LogP contribution in [0, 0.1) is 29.1 Å². The number of carbonyl (C=O) groups excluding carboxylic acids is 4. The largest absolute Gasteiger partial charge is 0.491 e. The molecule has 4 aliphatic rings. The maximum Gasteiger partial charge on any atom is 0.307 e. The van der Waals surface area contributed by atoms with Gasteiger partial charge in [-0.05, 0) is 127 Å². The number of sulfonamides is 1. The van der Waals surface area contributed by atoms with E-state index in [9.17, 15) is 22.8 Å². The van der Waals surface area contributed by atoms with Crippen molar-refractivity contribution < 1.29 is 54.1 Å². The van der Waals surface area contributed by atoms with Crippen LogP contribution in [0.3, 0.4) is 0 Å². The molecule has 13 heteroatoms. The van der Waals surface area contributed by atoms with E-state index in [1.165, 1.54) is 11.1 Å². The van der Waals surface area contributed by atoms with Crippen molar-refractivity contribution in [3.63, 3.8) is 0 Å². The summed E-state index contributed by atoms with van der Waals surface area (Å²) < 4.78 is 117. The van der Waals surface area contributed by atoms with Crippen molar-refractivity contribution in [3.8, 4) is 11.6 Å². The van der Waals surface area contributed by atoms with Crippen molar-refractivity contribution in [2.45, 2.75) is 142 Å². The number of hydrogen-bond acceptors (Lipinski definition) is 10. The number of rotatable bonds is 9. The second-order valence-corrected chi connectivity index (χ2v) is 19.1. The van der Waals surface area contributed by atoms with E-state index in [-0.39, 0.29) is 37.3 Å². The summed E-state index contributed by atoms with van der Waals surface area (Å²) in [4.78, 5) is 63.6. The molecule has 2 aromatic rings. The van der Waals surface area contributed by atoms with Crippen LogP contribution in [0.1, 0.15) is 125 Å². The lowest BCUT2D eigenvalue weighted by Crippen LogP contribution is -2.48. The van der Waals surface area contributed by atoms with E-state index in [4.69, 9.17) is 26.5 Å². The van der Waals surface area contributed by atoms with Crippen LogP contribution in [0.5, 0.6) is 11.6 Å². The molecule has 2 saturated carbocycles. The zero-order chi connectivity index (χ0) is 48.3. The molecule has 2 amide bonds. The number of fused-ring (bicyclic) bond motifs is 3. The summed E-state index contributed by atoms with van der Waals surface area (Å²) in [6.07, 6.45) is 5.12. The van der Waals surface area contributed by atoms with Gasteiger partial charge in [0.05, 0.1) is 41.2 Å². The predicted octanol–water partition coefficient (Wildman–Crippen LogP) is 6.69. The molecule has 0 spiro atoms. The highest BCUT2D eigenvalue weighted by molar-refractivity contribution is 7.91. The quantitative estimate of drug-likeness (QED) is 0.214. The van der Waals surface area contributed by atoms with E-state index < -0.39 is 113 Å². The molecule has 0 unspecified atom stereocenters. The topological polar surface area (TPSA) is 158 Å². The Kier molecular flexibility index (Phi) is 8.73. The number of ether oxygens (including phenoxy) is 3. The number of carbonyl (C=O) groups is 4. The average molecular weight is 803 g/mol. The maximum absolute atomic E-state index is 15.1. The first-order chi connectivity index (χ1) is 29.9. The van der Waals surface area contributed by atoms with Crippen LogP contribution in [-0.2, 0) is 33.9 Å². The highest BCUT2D eigenvalue weighted by Crippen LogP contribution is 2.57. The number of allylic oxidation sites excluding steroid dienone is 2. The van der Waals surface area contributed by atoms with Gasteiger partial charge in [0.25, 0.3) is 0 Å². The van der Waals surface area contributed by atoms with Crippen molar-refractivity contribution in [2.24, 2.45) is 29.1 Å². The Morgan fingerprint density at radius 1 is 1.12 bits per heavy atom. The summed E-state index contributed by atoms with van der Waals surface area (Å²) in [5.41, 5.74) is -5.38. The molecule has 3 fully saturated rings. The molecule has 56 heavy (non-hydrogen) atoms. The molecule has 1 N–H and O–H groups in total. The fourth-order valence-corrected chi connectivity index (χ4v) is 9.54. The molecule has 1 aromatic heterocycles.